The molecule has 0 aliphatic carbocycles. The number of aromatic hydroxyl groups is 1. The second kappa shape index (κ2) is 11.8. The van der Waals surface area contributed by atoms with Gasteiger partial charge in [-0.1, -0.05) is 25.3 Å². The molecule has 248 valence electrons. The predicted molar refractivity (Wildman–Crippen MR) is 174 cm³/mol. The van der Waals surface area contributed by atoms with Crippen molar-refractivity contribution in [3.8, 4) is 23.0 Å². The Bertz CT molecular complexity index is 1860. The predicted octanol–water partition coefficient (Wildman–Crippen LogP) is 6.62. The maximum atomic E-state index is 17.0. The van der Waals surface area contributed by atoms with Crippen molar-refractivity contribution in [1.29, 1.82) is 0 Å². The molecule has 0 amide bonds. The van der Waals surface area contributed by atoms with Gasteiger partial charge in [-0.25, -0.2) is 13.2 Å². The normalized spacial score (nSPS) is 26.7. The molecule has 11 heteroatoms. The molecule has 3 saturated heterocycles. The van der Waals surface area contributed by atoms with Crippen LogP contribution in [0.1, 0.15) is 69.8 Å². The van der Waals surface area contributed by atoms with Crippen LogP contribution in [0.3, 0.4) is 0 Å². The Hall–Kier alpha value is -3.70. The molecule has 5 aliphatic rings. The number of phenolic OH excluding ortho intramolecular Hbond substituents is 1. The van der Waals surface area contributed by atoms with Gasteiger partial charge >= 0.3 is 6.01 Å². The zero-order chi connectivity index (χ0) is 32.3. The van der Waals surface area contributed by atoms with Crippen LogP contribution >= 0.6 is 0 Å². The van der Waals surface area contributed by atoms with E-state index >= 15 is 8.78 Å². The van der Waals surface area contributed by atoms with E-state index in [4.69, 9.17) is 9.72 Å². The molecule has 4 aromatic rings. The molecule has 2 aromatic heterocycles. The minimum absolute atomic E-state index is 0.0153. The van der Waals surface area contributed by atoms with Crippen LogP contribution in [0.15, 0.2) is 30.5 Å². The first-order valence-corrected chi connectivity index (χ1v) is 17.0. The zero-order valence-corrected chi connectivity index (χ0v) is 26.5. The van der Waals surface area contributed by atoms with Gasteiger partial charge in [-0.2, -0.15) is 9.97 Å². The molecular formula is C36H40F3N5O3. The highest BCUT2D eigenvalue weighted by Crippen LogP contribution is 2.42. The van der Waals surface area contributed by atoms with Crippen molar-refractivity contribution in [2.24, 2.45) is 0 Å². The number of fused-ring (bicyclic) bond motifs is 7. The van der Waals surface area contributed by atoms with Crippen LogP contribution in [-0.2, 0) is 6.42 Å². The molecule has 0 saturated carbocycles. The second-order valence-corrected chi connectivity index (χ2v) is 14.2. The number of hydrogen-bond acceptors (Lipinski definition) is 8. The Morgan fingerprint density at radius 2 is 1.81 bits per heavy atom. The summed E-state index contributed by atoms with van der Waals surface area (Å²) in [6.07, 6.45) is 8.48. The minimum Gasteiger partial charge on any atom is -0.508 e. The first-order chi connectivity index (χ1) is 22.7. The van der Waals surface area contributed by atoms with Gasteiger partial charge < -0.3 is 19.8 Å². The average molecular weight is 648 g/mol. The molecule has 5 aliphatic heterocycles. The maximum absolute atomic E-state index is 17.0. The van der Waals surface area contributed by atoms with E-state index in [0.717, 1.165) is 51.5 Å². The number of aromatic nitrogens is 3. The van der Waals surface area contributed by atoms with E-state index in [-0.39, 0.29) is 41.0 Å². The molecule has 0 radical (unpaired) electrons. The Morgan fingerprint density at radius 3 is 2.70 bits per heavy atom. The molecule has 7 heterocycles. The van der Waals surface area contributed by atoms with E-state index in [1.807, 2.05) is 4.90 Å². The fourth-order valence-electron chi connectivity index (χ4n) is 8.70. The van der Waals surface area contributed by atoms with Gasteiger partial charge in [0.25, 0.3) is 0 Å². The smallest absolute Gasteiger partial charge is 0.319 e. The molecule has 47 heavy (non-hydrogen) atoms. The molecule has 0 spiro atoms. The summed E-state index contributed by atoms with van der Waals surface area (Å²) in [6.45, 7) is 2.31. The lowest BCUT2D eigenvalue weighted by molar-refractivity contribution is 0.0151. The SMILES string of the molecule is Oc1cc2c3c(c(F)ccc3c1)CCCCCCC1(O)CCCN(C1)c1nc(OC[C@@]34CCCN3C[C@H](F)C4)nc3c(F)c-2ncc13. The van der Waals surface area contributed by atoms with Crippen LogP contribution in [0, 0.1) is 11.6 Å². The van der Waals surface area contributed by atoms with Crippen LogP contribution < -0.4 is 9.64 Å². The molecule has 9 rings (SSSR count). The fourth-order valence-corrected chi connectivity index (χ4v) is 8.70. The number of aliphatic hydroxyl groups is 1. The van der Waals surface area contributed by atoms with Crippen molar-refractivity contribution in [3.63, 3.8) is 0 Å². The van der Waals surface area contributed by atoms with E-state index in [0.29, 0.717) is 72.9 Å². The van der Waals surface area contributed by atoms with E-state index in [9.17, 15) is 14.6 Å². The standard InChI is InChI=1S/C36H40F3N5O3/c37-23-17-35(10-5-14-44(35)19-23)21-47-34-41-32-27-18-40-31(30(32)39)26-16-24(45)15-22-8-9-28(38)25(29(22)26)7-3-1-2-4-11-36(46)12-6-13-43(20-36)33(27)42-34/h8-9,15-16,18,23,45-46H,1-7,10-14,17,19-21H2/t23-,35+,36?/m1/s1. The number of benzene rings is 2. The number of ether oxygens (including phenoxy) is 1. The molecule has 1 unspecified atom stereocenters. The lowest BCUT2D eigenvalue weighted by atomic mass is 9.87. The number of halogens is 3. The van der Waals surface area contributed by atoms with Crippen LogP contribution in [-0.4, -0.2) is 80.2 Å². The van der Waals surface area contributed by atoms with Gasteiger partial charge in [-0.05, 0) is 86.0 Å². The van der Waals surface area contributed by atoms with E-state index in [2.05, 4.69) is 14.9 Å². The number of anilines is 1. The van der Waals surface area contributed by atoms with Crippen molar-refractivity contribution >= 4 is 27.5 Å². The minimum atomic E-state index is -0.939. The summed E-state index contributed by atoms with van der Waals surface area (Å²) < 4.78 is 53.2. The summed E-state index contributed by atoms with van der Waals surface area (Å²) in [5.74, 6) is -0.781. The number of nitrogens with zero attached hydrogens (tertiary/aromatic N) is 5. The summed E-state index contributed by atoms with van der Waals surface area (Å²) in [6, 6.07) is 5.95. The summed E-state index contributed by atoms with van der Waals surface area (Å²) in [5.41, 5.74) is -0.716. The number of hydrogen-bond donors (Lipinski definition) is 2. The molecule has 3 fully saturated rings. The summed E-state index contributed by atoms with van der Waals surface area (Å²) >= 11 is 0. The highest BCUT2D eigenvalue weighted by Gasteiger charge is 2.49. The van der Waals surface area contributed by atoms with E-state index in [1.165, 1.54) is 18.3 Å². The van der Waals surface area contributed by atoms with Crippen molar-refractivity contribution in [2.75, 3.05) is 37.7 Å². The van der Waals surface area contributed by atoms with Gasteiger partial charge in [0.15, 0.2) is 5.82 Å². The number of phenols is 1. The number of piperidine rings is 1. The van der Waals surface area contributed by atoms with Crippen molar-refractivity contribution in [1.82, 2.24) is 19.9 Å². The Labute approximate surface area is 271 Å². The molecule has 2 N–H and O–H groups in total. The average Bonchev–Trinajstić information content (AvgIpc) is 3.57. The van der Waals surface area contributed by atoms with E-state index in [1.54, 1.807) is 12.1 Å². The van der Waals surface area contributed by atoms with Crippen LogP contribution in [0.4, 0.5) is 19.0 Å². The summed E-state index contributed by atoms with van der Waals surface area (Å²) in [5, 5.41) is 23.9. The quantitative estimate of drug-likeness (QED) is 0.256. The highest BCUT2D eigenvalue weighted by atomic mass is 19.1. The maximum Gasteiger partial charge on any atom is 0.319 e. The monoisotopic (exact) mass is 647 g/mol. The third-order valence-corrected chi connectivity index (χ3v) is 11.0. The molecule has 8 nitrogen and oxygen atoms in total. The number of aryl methyl sites for hydroxylation is 1. The van der Waals surface area contributed by atoms with Crippen molar-refractivity contribution in [3.05, 3.63) is 47.7 Å². The Kier molecular flexibility index (Phi) is 7.67. The summed E-state index contributed by atoms with van der Waals surface area (Å²) in [7, 11) is 0. The van der Waals surface area contributed by atoms with E-state index < -0.39 is 23.1 Å². The first-order valence-electron chi connectivity index (χ1n) is 17.0. The van der Waals surface area contributed by atoms with Crippen LogP contribution in [0.25, 0.3) is 32.9 Å². The fraction of sp³-hybridized carbons (Fsp3) is 0.528. The molecule has 3 atom stereocenters. The van der Waals surface area contributed by atoms with Crippen LogP contribution in [0.2, 0.25) is 0 Å². The lowest BCUT2D eigenvalue weighted by Crippen LogP contribution is -2.48. The van der Waals surface area contributed by atoms with Gasteiger partial charge in [0.05, 0.1) is 16.5 Å². The van der Waals surface area contributed by atoms with Crippen molar-refractivity contribution < 1.29 is 28.1 Å². The first kappa shape index (κ1) is 30.6. The Morgan fingerprint density at radius 1 is 0.979 bits per heavy atom. The topological polar surface area (TPSA) is 94.8 Å². The van der Waals surface area contributed by atoms with Gasteiger partial charge in [0.1, 0.15) is 41.4 Å². The van der Waals surface area contributed by atoms with Gasteiger partial charge in [0, 0.05) is 37.8 Å². The lowest BCUT2D eigenvalue weighted by Gasteiger charge is -2.40. The number of alkyl halides is 1. The molecular weight excluding hydrogens is 607 g/mol. The number of rotatable bonds is 3. The van der Waals surface area contributed by atoms with Gasteiger partial charge in [-0.3, -0.25) is 9.88 Å². The third kappa shape index (κ3) is 5.45. The third-order valence-electron chi connectivity index (χ3n) is 11.0. The Balaban J connectivity index is 1.31. The zero-order valence-electron chi connectivity index (χ0n) is 26.5. The molecule has 6 bridgehead atoms. The van der Waals surface area contributed by atoms with Crippen LogP contribution in [0.5, 0.6) is 11.8 Å². The van der Waals surface area contributed by atoms with Gasteiger partial charge in [-0.15, -0.1) is 0 Å². The van der Waals surface area contributed by atoms with Crippen molar-refractivity contribution in [2.45, 2.75) is 87.9 Å². The summed E-state index contributed by atoms with van der Waals surface area (Å²) in [4.78, 5) is 18.1. The molecule has 2 aromatic carbocycles. The largest absolute Gasteiger partial charge is 0.508 e. The highest BCUT2D eigenvalue weighted by molar-refractivity contribution is 6.01. The van der Waals surface area contributed by atoms with Gasteiger partial charge in [0.2, 0.25) is 0 Å². The number of pyridine rings is 1. The second-order valence-electron chi connectivity index (χ2n) is 14.2.